The normalized spacial score (nSPS) is 33.1. The number of rotatable bonds is 2. The first-order chi connectivity index (χ1) is 6.72. The van der Waals surface area contributed by atoms with Crippen LogP contribution in [0.4, 0.5) is 0 Å². The second-order valence-electron chi connectivity index (χ2n) is 4.68. The number of hydrogen-bond donors (Lipinski definition) is 1. The summed E-state index contributed by atoms with van der Waals surface area (Å²) in [6.45, 7) is 3.94. The number of piperidine rings is 1. The maximum absolute atomic E-state index is 11.8. The van der Waals surface area contributed by atoms with Crippen LogP contribution in [0.25, 0.3) is 0 Å². The van der Waals surface area contributed by atoms with Gasteiger partial charge in [-0.1, -0.05) is 13.3 Å². The lowest BCUT2D eigenvalue weighted by Gasteiger charge is -2.36. The smallest absolute Gasteiger partial charge is 0.225 e. The highest BCUT2D eigenvalue weighted by atomic mass is 16.2. The minimum atomic E-state index is 0.309. The lowest BCUT2D eigenvalue weighted by Crippen LogP contribution is -2.49. The van der Waals surface area contributed by atoms with Gasteiger partial charge in [0.15, 0.2) is 0 Å². The largest absolute Gasteiger partial charge is 0.342 e. The van der Waals surface area contributed by atoms with E-state index in [9.17, 15) is 4.79 Å². The van der Waals surface area contributed by atoms with E-state index >= 15 is 0 Å². The standard InChI is InChI=1S/C11H20N2O/c1-2-8-7-13(6-5-10(8)12)11(14)9-3-4-9/h8-10H,2-7,12H2,1H3/t8-,10-/m1/s1. The molecule has 14 heavy (non-hydrogen) atoms. The van der Waals surface area contributed by atoms with Gasteiger partial charge in [0.1, 0.15) is 0 Å². The number of carbonyl (C=O) groups is 1. The molecule has 0 aromatic rings. The highest BCUT2D eigenvalue weighted by molar-refractivity contribution is 5.81. The molecule has 2 atom stereocenters. The number of amides is 1. The van der Waals surface area contributed by atoms with Gasteiger partial charge in [-0.05, 0) is 25.2 Å². The molecule has 1 heterocycles. The molecule has 0 spiro atoms. The molecule has 1 aliphatic heterocycles. The van der Waals surface area contributed by atoms with Crippen molar-refractivity contribution in [2.75, 3.05) is 13.1 Å². The number of likely N-dealkylation sites (tertiary alicyclic amines) is 1. The molecular formula is C11H20N2O. The van der Waals surface area contributed by atoms with Crippen molar-refractivity contribution in [1.82, 2.24) is 4.90 Å². The Morgan fingerprint density at radius 1 is 1.43 bits per heavy atom. The molecule has 80 valence electrons. The lowest BCUT2D eigenvalue weighted by molar-refractivity contribution is -0.134. The Bertz CT molecular complexity index is 225. The molecule has 0 aromatic heterocycles. The van der Waals surface area contributed by atoms with Crippen molar-refractivity contribution < 1.29 is 4.79 Å². The zero-order chi connectivity index (χ0) is 10.1. The number of carbonyl (C=O) groups excluding carboxylic acids is 1. The van der Waals surface area contributed by atoms with Crippen molar-refractivity contribution in [3.63, 3.8) is 0 Å². The van der Waals surface area contributed by atoms with Gasteiger partial charge < -0.3 is 10.6 Å². The van der Waals surface area contributed by atoms with Crippen LogP contribution in [0, 0.1) is 11.8 Å². The van der Waals surface area contributed by atoms with E-state index in [1.165, 1.54) is 0 Å². The van der Waals surface area contributed by atoms with Crippen LogP contribution >= 0.6 is 0 Å². The van der Waals surface area contributed by atoms with E-state index in [0.717, 1.165) is 38.8 Å². The first-order valence-electron chi connectivity index (χ1n) is 5.76. The van der Waals surface area contributed by atoms with Gasteiger partial charge in [0.25, 0.3) is 0 Å². The highest BCUT2D eigenvalue weighted by Crippen LogP contribution is 2.32. The van der Waals surface area contributed by atoms with Crippen molar-refractivity contribution in [3.8, 4) is 0 Å². The number of nitrogens with zero attached hydrogens (tertiary/aromatic N) is 1. The predicted molar refractivity (Wildman–Crippen MR) is 55.7 cm³/mol. The molecule has 2 rings (SSSR count). The van der Waals surface area contributed by atoms with Gasteiger partial charge in [-0.25, -0.2) is 0 Å². The molecular weight excluding hydrogens is 176 g/mol. The Morgan fingerprint density at radius 3 is 2.71 bits per heavy atom. The maximum atomic E-state index is 11.8. The molecule has 1 aliphatic carbocycles. The van der Waals surface area contributed by atoms with E-state index in [-0.39, 0.29) is 0 Å². The second-order valence-corrected chi connectivity index (χ2v) is 4.68. The van der Waals surface area contributed by atoms with Gasteiger partial charge in [-0.3, -0.25) is 4.79 Å². The van der Waals surface area contributed by atoms with Crippen LogP contribution in [0.15, 0.2) is 0 Å². The molecule has 0 aromatic carbocycles. The monoisotopic (exact) mass is 196 g/mol. The van der Waals surface area contributed by atoms with Gasteiger partial charge in [0, 0.05) is 25.0 Å². The van der Waals surface area contributed by atoms with Crippen molar-refractivity contribution in [2.45, 2.75) is 38.6 Å². The summed E-state index contributed by atoms with van der Waals surface area (Å²) in [6, 6.07) is 0.309. The molecule has 2 fully saturated rings. The fraction of sp³-hybridized carbons (Fsp3) is 0.909. The second kappa shape index (κ2) is 3.89. The van der Waals surface area contributed by atoms with E-state index < -0.39 is 0 Å². The zero-order valence-corrected chi connectivity index (χ0v) is 8.91. The Labute approximate surface area is 85.6 Å². The van der Waals surface area contributed by atoms with Crippen LogP contribution in [-0.2, 0) is 4.79 Å². The first kappa shape index (κ1) is 9.97. The topological polar surface area (TPSA) is 46.3 Å². The molecule has 2 aliphatic rings. The maximum Gasteiger partial charge on any atom is 0.225 e. The Kier molecular flexibility index (Phi) is 2.77. The van der Waals surface area contributed by atoms with Crippen molar-refractivity contribution in [2.24, 2.45) is 17.6 Å². The van der Waals surface area contributed by atoms with E-state index in [1.807, 2.05) is 4.90 Å². The van der Waals surface area contributed by atoms with Gasteiger partial charge in [0.2, 0.25) is 5.91 Å². The predicted octanol–water partition coefficient (Wildman–Crippen LogP) is 0.982. The molecule has 3 nitrogen and oxygen atoms in total. The van der Waals surface area contributed by atoms with Crippen LogP contribution in [0.2, 0.25) is 0 Å². The van der Waals surface area contributed by atoms with Crippen LogP contribution in [0.5, 0.6) is 0 Å². The van der Waals surface area contributed by atoms with Gasteiger partial charge in [0.05, 0.1) is 0 Å². The van der Waals surface area contributed by atoms with E-state index in [2.05, 4.69) is 6.92 Å². The first-order valence-corrected chi connectivity index (χ1v) is 5.76. The summed E-state index contributed by atoms with van der Waals surface area (Å²) in [7, 11) is 0. The average Bonchev–Trinajstić information content (AvgIpc) is 3.01. The molecule has 1 saturated heterocycles. The summed E-state index contributed by atoms with van der Waals surface area (Å²) in [5.74, 6) is 1.27. The molecule has 0 bridgehead atoms. The molecule has 1 amide bonds. The van der Waals surface area contributed by atoms with Crippen molar-refractivity contribution in [1.29, 1.82) is 0 Å². The lowest BCUT2D eigenvalue weighted by atomic mass is 9.90. The molecule has 0 radical (unpaired) electrons. The summed E-state index contributed by atoms with van der Waals surface area (Å²) in [5, 5.41) is 0. The molecule has 2 N–H and O–H groups in total. The summed E-state index contributed by atoms with van der Waals surface area (Å²) in [5.41, 5.74) is 6.01. The van der Waals surface area contributed by atoms with Crippen LogP contribution in [-0.4, -0.2) is 29.9 Å². The van der Waals surface area contributed by atoms with Gasteiger partial charge >= 0.3 is 0 Å². The van der Waals surface area contributed by atoms with E-state index in [1.54, 1.807) is 0 Å². The summed E-state index contributed by atoms with van der Waals surface area (Å²) < 4.78 is 0. The van der Waals surface area contributed by atoms with Crippen LogP contribution < -0.4 is 5.73 Å². The Balaban J connectivity index is 1.91. The minimum absolute atomic E-state index is 0.309. The summed E-state index contributed by atoms with van der Waals surface area (Å²) in [4.78, 5) is 13.9. The number of nitrogens with two attached hydrogens (primary N) is 1. The SMILES string of the molecule is CC[C@@H]1CN(C(=O)C2CC2)CC[C@H]1N. The zero-order valence-electron chi connectivity index (χ0n) is 8.91. The minimum Gasteiger partial charge on any atom is -0.342 e. The van der Waals surface area contributed by atoms with Crippen molar-refractivity contribution >= 4 is 5.91 Å². The Hall–Kier alpha value is -0.570. The molecule has 0 unspecified atom stereocenters. The van der Waals surface area contributed by atoms with Crippen molar-refractivity contribution in [3.05, 3.63) is 0 Å². The van der Waals surface area contributed by atoms with Gasteiger partial charge in [-0.15, -0.1) is 0 Å². The fourth-order valence-corrected chi connectivity index (χ4v) is 2.27. The van der Waals surface area contributed by atoms with Crippen LogP contribution in [0.3, 0.4) is 0 Å². The third-order valence-electron chi connectivity index (χ3n) is 3.56. The third kappa shape index (κ3) is 1.92. The summed E-state index contributed by atoms with van der Waals surface area (Å²) in [6.07, 6.45) is 4.29. The fourth-order valence-electron chi connectivity index (χ4n) is 2.27. The molecule has 3 heteroatoms. The summed E-state index contributed by atoms with van der Waals surface area (Å²) >= 11 is 0. The highest BCUT2D eigenvalue weighted by Gasteiger charge is 2.36. The van der Waals surface area contributed by atoms with E-state index in [4.69, 9.17) is 5.73 Å². The Morgan fingerprint density at radius 2 is 2.14 bits per heavy atom. The van der Waals surface area contributed by atoms with E-state index in [0.29, 0.717) is 23.8 Å². The quantitative estimate of drug-likeness (QED) is 0.715. The van der Waals surface area contributed by atoms with Gasteiger partial charge in [-0.2, -0.15) is 0 Å². The molecule has 1 saturated carbocycles. The third-order valence-corrected chi connectivity index (χ3v) is 3.56. The average molecular weight is 196 g/mol. The van der Waals surface area contributed by atoms with Crippen LogP contribution in [0.1, 0.15) is 32.6 Å². The number of hydrogen-bond acceptors (Lipinski definition) is 2.